The van der Waals surface area contributed by atoms with Gasteiger partial charge in [-0.3, -0.25) is 0 Å². The van der Waals surface area contributed by atoms with Crippen LogP contribution >= 0.6 is 12.6 Å². The highest BCUT2D eigenvalue weighted by Gasteiger charge is 2.34. The normalized spacial score (nSPS) is 26.5. The maximum atomic E-state index is 4.61. The summed E-state index contributed by atoms with van der Waals surface area (Å²) in [6.45, 7) is 4.37. The molecule has 0 spiro atoms. The first-order valence-electron chi connectivity index (χ1n) is 6.30. The second-order valence-corrected chi connectivity index (χ2v) is 5.86. The summed E-state index contributed by atoms with van der Waals surface area (Å²) in [4.78, 5) is 4.55. The van der Waals surface area contributed by atoms with Crippen molar-refractivity contribution in [3.05, 3.63) is 29.0 Å². The molecule has 1 fully saturated rings. The molecule has 1 aliphatic heterocycles. The molecule has 1 aliphatic carbocycles. The van der Waals surface area contributed by atoms with Gasteiger partial charge in [-0.25, -0.2) is 0 Å². The second-order valence-electron chi connectivity index (χ2n) is 5.41. The van der Waals surface area contributed by atoms with Crippen LogP contribution in [0.2, 0.25) is 0 Å². The number of rotatable bonds is 0. The number of aryl methyl sites for hydroxylation is 1. The van der Waals surface area contributed by atoms with Gasteiger partial charge in [0.05, 0.1) is 0 Å². The number of aromatic nitrogens is 1. The van der Waals surface area contributed by atoms with E-state index in [0.717, 1.165) is 29.8 Å². The fourth-order valence-electron chi connectivity index (χ4n) is 3.52. The molecule has 1 aromatic carbocycles. The molecule has 0 saturated carbocycles. The molecule has 1 saturated heterocycles. The minimum absolute atomic E-state index is 0.719. The molecule has 2 N–H and O–H groups in total. The van der Waals surface area contributed by atoms with E-state index in [9.17, 15) is 0 Å². The number of hydrogen-bond donors (Lipinski definition) is 3. The molecule has 3 heteroatoms. The first-order valence-corrected chi connectivity index (χ1v) is 6.74. The summed E-state index contributed by atoms with van der Waals surface area (Å²) in [7, 11) is 0. The van der Waals surface area contributed by atoms with E-state index in [1.807, 2.05) is 0 Å². The van der Waals surface area contributed by atoms with Gasteiger partial charge in [0.25, 0.3) is 0 Å². The number of nitrogens with one attached hydrogen (secondary N) is 2. The summed E-state index contributed by atoms with van der Waals surface area (Å²) in [5.74, 6) is 1.44. The molecule has 2 aromatic rings. The van der Waals surface area contributed by atoms with Gasteiger partial charge in [0.15, 0.2) is 0 Å². The van der Waals surface area contributed by atoms with Crippen LogP contribution in [0.4, 0.5) is 0 Å². The second kappa shape index (κ2) is 3.30. The van der Waals surface area contributed by atoms with Gasteiger partial charge in [0, 0.05) is 34.6 Å². The van der Waals surface area contributed by atoms with Crippen LogP contribution in [0.25, 0.3) is 10.9 Å². The van der Waals surface area contributed by atoms with Gasteiger partial charge < -0.3 is 10.3 Å². The zero-order chi connectivity index (χ0) is 11.6. The highest BCUT2D eigenvalue weighted by Crippen LogP contribution is 2.45. The maximum absolute atomic E-state index is 4.61. The van der Waals surface area contributed by atoms with Crippen molar-refractivity contribution in [3.8, 4) is 0 Å². The Morgan fingerprint density at radius 3 is 2.65 bits per heavy atom. The van der Waals surface area contributed by atoms with Crippen molar-refractivity contribution in [1.29, 1.82) is 0 Å². The third kappa shape index (κ3) is 1.27. The number of hydrogen-bond acceptors (Lipinski definition) is 2. The fraction of sp³-hybridized carbons (Fsp3) is 0.429. The molecule has 4 rings (SSSR count). The molecule has 2 nitrogen and oxygen atoms in total. The smallest absolute Gasteiger partial charge is 0.0470 e. The minimum Gasteiger partial charge on any atom is -0.358 e. The zero-order valence-electron chi connectivity index (χ0n) is 9.88. The SMILES string of the molecule is Cc1[nH]c2cc3c(cc2c1S)C1CNCC3C1. The Bertz CT molecular complexity index is 614. The van der Waals surface area contributed by atoms with E-state index in [2.05, 4.69) is 42.0 Å². The van der Waals surface area contributed by atoms with Gasteiger partial charge in [-0.05, 0) is 48.4 Å². The first kappa shape index (κ1) is 10.0. The van der Waals surface area contributed by atoms with Crippen molar-refractivity contribution < 1.29 is 0 Å². The van der Waals surface area contributed by atoms with E-state index in [-0.39, 0.29) is 0 Å². The van der Waals surface area contributed by atoms with Crippen LogP contribution in [0.1, 0.15) is 35.1 Å². The summed E-state index contributed by atoms with van der Waals surface area (Å²) in [6.07, 6.45) is 1.33. The van der Waals surface area contributed by atoms with Crippen LogP contribution < -0.4 is 5.32 Å². The quantitative estimate of drug-likeness (QED) is 0.611. The standard InChI is InChI=1S/C14H16N2S/c1-7-14(17)12-3-10-8-2-9(6-15-5-8)11(10)4-13(12)16-7/h3-4,8-9,15-17H,2,5-6H2,1H3. The topological polar surface area (TPSA) is 27.8 Å². The maximum Gasteiger partial charge on any atom is 0.0470 e. The Hall–Kier alpha value is -0.930. The summed E-state index contributed by atoms with van der Waals surface area (Å²) < 4.78 is 0. The summed E-state index contributed by atoms with van der Waals surface area (Å²) in [6, 6.07) is 4.73. The van der Waals surface area contributed by atoms with E-state index >= 15 is 0 Å². The molecule has 0 amide bonds. The monoisotopic (exact) mass is 244 g/mol. The van der Waals surface area contributed by atoms with Gasteiger partial charge in [-0.2, -0.15) is 0 Å². The summed E-state index contributed by atoms with van der Waals surface area (Å²) in [5.41, 5.74) is 5.54. The van der Waals surface area contributed by atoms with Gasteiger partial charge in [-0.1, -0.05) is 0 Å². The molecule has 1 aromatic heterocycles. The third-order valence-electron chi connectivity index (χ3n) is 4.39. The number of benzene rings is 1. The van der Waals surface area contributed by atoms with Gasteiger partial charge in [0.1, 0.15) is 0 Å². The highest BCUT2D eigenvalue weighted by molar-refractivity contribution is 7.80. The van der Waals surface area contributed by atoms with Gasteiger partial charge in [-0.15, -0.1) is 12.6 Å². The van der Waals surface area contributed by atoms with Crippen LogP contribution in [-0.2, 0) is 0 Å². The number of fused-ring (bicyclic) bond motifs is 6. The lowest BCUT2D eigenvalue weighted by Crippen LogP contribution is -2.28. The Labute approximate surface area is 106 Å². The predicted molar refractivity (Wildman–Crippen MR) is 73.3 cm³/mol. The van der Waals surface area contributed by atoms with Crippen LogP contribution in [0.5, 0.6) is 0 Å². The van der Waals surface area contributed by atoms with Crippen LogP contribution in [0.3, 0.4) is 0 Å². The Morgan fingerprint density at radius 1 is 1.18 bits per heavy atom. The molecule has 2 atom stereocenters. The molecule has 17 heavy (non-hydrogen) atoms. The molecular weight excluding hydrogens is 228 g/mol. The van der Waals surface area contributed by atoms with E-state index in [1.54, 1.807) is 11.1 Å². The molecule has 2 bridgehead atoms. The average Bonchev–Trinajstić information content (AvgIpc) is 2.75. The van der Waals surface area contributed by atoms with E-state index in [1.165, 1.54) is 23.0 Å². The first-order chi connectivity index (χ1) is 8.24. The van der Waals surface area contributed by atoms with Gasteiger partial charge in [0.2, 0.25) is 0 Å². The Balaban J connectivity index is 2.02. The molecule has 2 aliphatic rings. The third-order valence-corrected chi connectivity index (χ3v) is 4.96. The van der Waals surface area contributed by atoms with Crippen LogP contribution in [0.15, 0.2) is 17.0 Å². The number of piperidine rings is 1. The predicted octanol–water partition coefficient (Wildman–Crippen LogP) is 2.94. The fourth-order valence-corrected chi connectivity index (χ4v) is 3.76. The molecule has 2 unspecified atom stereocenters. The number of thiol groups is 1. The van der Waals surface area contributed by atoms with Crippen molar-refractivity contribution in [3.63, 3.8) is 0 Å². The largest absolute Gasteiger partial charge is 0.358 e. The van der Waals surface area contributed by atoms with Crippen molar-refractivity contribution in [2.45, 2.75) is 30.1 Å². The summed E-state index contributed by atoms with van der Waals surface area (Å²) in [5, 5.41) is 4.83. The van der Waals surface area contributed by atoms with Crippen molar-refractivity contribution >= 4 is 23.5 Å². The van der Waals surface area contributed by atoms with E-state index in [4.69, 9.17) is 0 Å². The Morgan fingerprint density at radius 2 is 1.88 bits per heavy atom. The average molecular weight is 244 g/mol. The number of H-pyrrole nitrogens is 1. The highest BCUT2D eigenvalue weighted by atomic mass is 32.1. The van der Waals surface area contributed by atoms with Crippen LogP contribution in [0, 0.1) is 6.92 Å². The van der Waals surface area contributed by atoms with Crippen molar-refractivity contribution in [1.82, 2.24) is 10.3 Å². The lowest BCUT2D eigenvalue weighted by molar-refractivity contribution is 0.454. The zero-order valence-corrected chi connectivity index (χ0v) is 10.8. The van der Waals surface area contributed by atoms with Crippen molar-refractivity contribution in [2.24, 2.45) is 0 Å². The number of aromatic amines is 1. The minimum atomic E-state index is 0.719. The molecule has 2 heterocycles. The molecular formula is C14H16N2S. The lowest BCUT2D eigenvalue weighted by Gasteiger charge is -2.19. The van der Waals surface area contributed by atoms with Gasteiger partial charge >= 0.3 is 0 Å². The van der Waals surface area contributed by atoms with Crippen molar-refractivity contribution in [2.75, 3.05) is 13.1 Å². The van der Waals surface area contributed by atoms with E-state index < -0.39 is 0 Å². The van der Waals surface area contributed by atoms with Crippen LogP contribution in [-0.4, -0.2) is 18.1 Å². The lowest BCUT2D eigenvalue weighted by atomic mass is 9.98. The molecule has 0 radical (unpaired) electrons. The summed E-state index contributed by atoms with van der Waals surface area (Å²) >= 11 is 4.61. The van der Waals surface area contributed by atoms with E-state index in [0.29, 0.717) is 0 Å². The Kier molecular flexibility index (Phi) is 1.95. The molecule has 88 valence electrons.